The lowest BCUT2D eigenvalue weighted by Gasteiger charge is -2.30. The Morgan fingerprint density at radius 1 is 1.22 bits per heavy atom. The van der Waals surface area contributed by atoms with Crippen LogP contribution in [-0.2, 0) is 6.54 Å². The van der Waals surface area contributed by atoms with Crippen molar-refractivity contribution in [3.05, 3.63) is 48.0 Å². The molecule has 2 aromatic heterocycles. The first-order valence-electron chi connectivity index (χ1n) is 8.44. The molecule has 0 saturated carbocycles. The van der Waals surface area contributed by atoms with Crippen molar-refractivity contribution < 1.29 is 0 Å². The van der Waals surface area contributed by atoms with Crippen LogP contribution in [0, 0.1) is 6.92 Å². The van der Waals surface area contributed by atoms with E-state index in [4.69, 9.17) is 0 Å². The van der Waals surface area contributed by atoms with Gasteiger partial charge in [-0.3, -0.25) is 9.88 Å². The number of likely N-dealkylation sites (N-methyl/N-ethyl adjacent to an activating group) is 1. The van der Waals surface area contributed by atoms with E-state index in [9.17, 15) is 0 Å². The molecule has 0 aromatic carbocycles. The van der Waals surface area contributed by atoms with Crippen molar-refractivity contribution in [2.75, 3.05) is 24.5 Å². The van der Waals surface area contributed by atoms with Gasteiger partial charge in [0.1, 0.15) is 0 Å². The maximum absolute atomic E-state index is 4.64. The maximum atomic E-state index is 4.64. The third-order valence-corrected chi connectivity index (χ3v) is 4.52. The van der Waals surface area contributed by atoms with Gasteiger partial charge >= 0.3 is 0 Å². The van der Waals surface area contributed by atoms with Gasteiger partial charge in [-0.2, -0.15) is 0 Å². The number of anilines is 1. The van der Waals surface area contributed by atoms with Crippen LogP contribution in [0.3, 0.4) is 0 Å². The first-order valence-corrected chi connectivity index (χ1v) is 8.44. The minimum Gasteiger partial charge on any atom is -0.335 e. The zero-order valence-electron chi connectivity index (χ0n) is 14.0. The molecule has 0 N–H and O–H groups in total. The van der Waals surface area contributed by atoms with Crippen LogP contribution in [0.2, 0.25) is 0 Å². The number of hydrogen-bond acceptors (Lipinski definition) is 5. The molecule has 1 aliphatic heterocycles. The Bertz CT molecular complexity index is 616. The van der Waals surface area contributed by atoms with E-state index in [-0.39, 0.29) is 0 Å². The standard InChI is InChI=1S/C18H25N5/c1-3-22-12-4-5-17(22)14-23(13-16-7-9-19-10-8-16)18-20-11-6-15(2)21-18/h6-11,17H,3-5,12-14H2,1-2H3. The largest absolute Gasteiger partial charge is 0.335 e. The lowest BCUT2D eigenvalue weighted by Crippen LogP contribution is -2.40. The molecule has 0 spiro atoms. The minimum absolute atomic E-state index is 0.589. The highest BCUT2D eigenvalue weighted by Gasteiger charge is 2.26. The molecule has 122 valence electrons. The maximum Gasteiger partial charge on any atom is 0.225 e. The quantitative estimate of drug-likeness (QED) is 0.821. The molecule has 3 rings (SSSR count). The first kappa shape index (κ1) is 15.9. The van der Waals surface area contributed by atoms with Crippen molar-refractivity contribution in [1.29, 1.82) is 0 Å². The summed E-state index contributed by atoms with van der Waals surface area (Å²) in [6.07, 6.45) is 8.09. The molecule has 0 aliphatic carbocycles. The van der Waals surface area contributed by atoms with E-state index in [0.717, 1.165) is 31.3 Å². The normalized spacial score (nSPS) is 18.3. The lowest BCUT2D eigenvalue weighted by atomic mass is 10.2. The molecule has 1 aliphatic rings. The van der Waals surface area contributed by atoms with Crippen molar-refractivity contribution in [3.63, 3.8) is 0 Å². The molecule has 0 radical (unpaired) electrons. The van der Waals surface area contributed by atoms with Crippen LogP contribution >= 0.6 is 0 Å². The van der Waals surface area contributed by atoms with Crippen molar-refractivity contribution >= 4 is 5.95 Å². The molecule has 0 amide bonds. The van der Waals surface area contributed by atoms with Gasteiger partial charge in [-0.1, -0.05) is 6.92 Å². The van der Waals surface area contributed by atoms with Crippen LogP contribution in [0.15, 0.2) is 36.8 Å². The highest BCUT2D eigenvalue weighted by atomic mass is 15.3. The highest BCUT2D eigenvalue weighted by Crippen LogP contribution is 2.21. The number of aromatic nitrogens is 3. The third kappa shape index (κ3) is 4.05. The van der Waals surface area contributed by atoms with Crippen LogP contribution in [-0.4, -0.2) is 45.5 Å². The van der Waals surface area contributed by atoms with Crippen LogP contribution in [0.5, 0.6) is 0 Å². The number of hydrogen-bond donors (Lipinski definition) is 0. The molecule has 1 unspecified atom stereocenters. The molecule has 1 fully saturated rings. The van der Waals surface area contributed by atoms with E-state index in [1.165, 1.54) is 24.9 Å². The third-order valence-electron chi connectivity index (χ3n) is 4.52. The Balaban J connectivity index is 1.81. The summed E-state index contributed by atoms with van der Waals surface area (Å²) in [5.74, 6) is 0.824. The van der Waals surface area contributed by atoms with E-state index in [2.05, 4.69) is 43.8 Å². The Labute approximate surface area is 138 Å². The highest BCUT2D eigenvalue weighted by molar-refractivity contribution is 5.33. The Morgan fingerprint density at radius 3 is 2.78 bits per heavy atom. The average molecular weight is 311 g/mol. The van der Waals surface area contributed by atoms with E-state index < -0.39 is 0 Å². The predicted octanol–water partition coefficient (Wildman–Crippen LogP) is 2.67. The number of nitrogens with zero attached hydrogens (tertiary/aromatic N) is 5. The smallest absolute Gasteiger partial charge is 0.225 e. The molecule has 5 heteroatoms. The Hall–Kier alpha value is -2.01. The number of likely N-dealkylation sites (tertiary alicyclic amines) is 1. The van der Waals surface area contributed by atoms with E-state index in [0.29, 0.717) is 6.04 Å². The molecule has 0 bridgehead atoms. The van der Waals surface area contributed by atoms with Crippen LogP contribution < -0.4 is 4.90 Å². The molecule has 5 nitrogen and oxygen atoms in total. The molecule has 3 heterocycles. The zero-order valence-corrected chi connectivity index (χ0v) is 14.0. The molecule has 1 atom stereocenters. The summed E-state index contributed by atoms with van der Waals surface area (Å²) < 4.78 is 0. The summed E-state index contributed by atoms with van der Waals surface area (Å²) in [6, 6.07) is 6.66. The minimum atomic E-state index is 0.589. The monoisotopic (exact) mass is 311 g/mol. The predicted molar refractivity (Wildman–Crippen MR) is 92.3 cm³/mol. The molecular weight excluding hydrogens is 286 g/mol. The SMILES string of the molecule is CCN1CCCC1CN(Cc1ccncc1)c1nccc(C)n1. The summed E-state index contributed by atoms with van der Waals surface area (Å²) in [6.45, 7) is 8.37. The fourth-order valence-corrected chi connectivity index (χ4v) is 3.29. The van der Waals surface area contributed by atoms with Crippen LogP contribution in [0.25, 0.3) is 0 Å². The fraction of sp³-hybridized carbons (Fsp3) is 0.500. The van der Waals surface area contributed by atoms with Gasteiger partial charge in [-0.25, -0.2) is 9.97 Å². The first-order chi connectivity index (χ1) is 11.3. The van der Waals surface area contributed by atoms with Crippen LogP contribution in [0.1, 0.15) is 31.0 Å². The topological polar surface area (TPSA) is 45.2 Å². The zero-order chi connectivity index (χ0) is 16.1. The molecular formula is C18H25N5. The average Bonchev–Trinajstić information content (AvgIpc) is 3.02. The van der Waals surface area contributed by atoms with Crippen molar-refractivity contribution in [2.24, 2.45) is 0 Å². The number of pyridine rings is 1. The summed E-state index contributed by atoms with van der Waals surface area (Å²) in [4.78, 5) is 18.1. The second-order valence-electron chi connectivity index (χ2n) is 6.16. The Kier molecular flexibility index (Phi) is 5.18. The van der Waals surface area contributed by atoms with Crippen molar-refractivity contribution in [2.45, 2.75) is 39.3 Å². The van der Waals surface area contributed by atoms with Crippen LogP contribution in [0.4, 0.5) is 5.95 Å². The van der Waals surface area contributed by atoms with Crippen molar-refractivity contribution in [1.82, 2.24) is 19.9 Å². The molecule has 23 heavy (non-hydrogen) atoms. The van der Waals surface area contributed by atoms with Gasteiger partial charge in [0.05, 0.1) is 0 Å². The van der Waals surface area contributed by atoms with Gasteiger partial charge < -0.3 is 4.90 Å². The summed E-state index contributed by atoms with van der Waals surface area (Å²) in [5, 5.41) is 0. The Morgan fingerprint density at radius 2 is 2.04 bits per heavy atom. The fourth-order valence-electron chi connectivity index (χ4n) is 3.29. The van der Waals surface area contributed by atoms with Gasteiger partial charge in [-0.15, -0.1) is 0 Å². The second-order valence-corrected chi connectivity index (χ2v) is 6.16. The summed E-state index contributed by atoms with van der Waals surface area (Å²) >= 11 is 0. The van der Waals surface area contributed by atoms with Crippen molar-refractivity contribution in [3.8, 4) is 0 Å². The van der Waals surface area contributed by atoms with Gasteiger partial charge in [0.2, 0.25) is 5.95 Å². The molecule has 2 aromatic rings. The van der Waals surface area contributed by atoms with E-state index in [1.807, 2.05) is 31.6 Å². The van der Waals surface area contributed by atoms with Gasteiger partial charge in [-0.05, 0) is 56.6 Å². The second kappa shape index (κ2) is 7.51. The van der Waals surface area contributed by atoms with E-state index >= 15 is 0 Å². The summed E-state index contributed by atoms with van der Waals surface area (Å²) in [7, 11) is 0. The summed E-state index contributed by atoms with van der Waals surface area (Å²) in [5.41, 5.74) is 2.25. The lowest BCUT2D eigenvalue weighted by molar-refractivity contribution is 0.268. The van der Waals surface area contributed by atoms with E-state index in [1.54, 1.807) is 0 Å². The van der Waals surface area contributed by atoms with Gasteiger partial charge in [0.25, 0.3) is 0 Å². The van der Waals surface area contributed by atoms with Gasteiger partial charge in [0, 0.05) is 43.4 Å². The number of rotatable bonds is 6. The van der Waals surface area contributed by atoms with Gasteiger partial charge in [0.15, 0.2) is 0 Å². The molecule has 1 saturated heterocycles. The number of aryl methyl sites for hydroxylation is 1.